The minimum atomic E-state index is -0.480. The minimum absolute atomic E-state index is 0.0228. The van der Waals surface area contributed by atoms with Gasteiger partial charge in [-0.1, -0.05) is 19.1 Å². The molecule has 1 aromatic rings. The Hall–Kier alpha value is -1.06. The monoisotopic (exact) mass is 303 g/mol. The first kappa shape index (κ1) is 15.8. The molecule has 1 N–H and O–H groups in total. The molecule has 0 spiro atoms. The fourth-order valence-electron chi connectivity index (χ4n) is 4.00. The van der Waals surface area contributed by atoms with Crippen molar-refractivity contribution in [1.82, 2.24) is 4.90 Å². The van der Waals surface area contributed by atoms with E-state index < -0.39 is 6.10 Å². The van der Waals surface area contributed by atoms with Crippen molar-refractivity contribution in [2.45, 2.75) is 65.2 Å². The van der Waals surface area contributed by atoms with Gasteiger partial charge in [0, 0.05) is 5.56 Å². The first-order chi connectivity index (χ1) is 10.3. The minimum Gasteiger partial charge on any atom is -0.485 e. The van der Waals surface area contributed by atoms with E-state index in [1.54, 1.807) is 0 Å². The van der Waals surface area contributed by atoms with E-state index in [-0.39, 0.29) is 11.6 Å². The Balaban J connectivity index is 1.96. The average molecular weight is 303 g/mol. The van der Waals surface area contributed by atoms with Gasteiger partial charge in [-0.25, -0.2) is 0 Å². The molecular formula is C19H29NO2. The lowest BCUT2D eigenvalue weighted by atomic mass is 9.82. The van der Waals surface area contributed by atoms with E-state index in [9.17, 15) is 5.11 Å². The number of hydrogen-bond donors (Lipinski definition) is 1. The molecule has 2 atom stereocenters. The van der Waals surface area contributed by atoms with Gasteiger partial charge >= 0.3 is 0 Å². The third-order valence-electron chi connectivity index (χ3n) is 5.61. The summed E-state index contributed by atoms with van der Waals surface area (Å²) in [6.07, 6.45) is 1.93. The molecule has 0 saturated carbocycles. The highest BCUT2D eigenvalue weighted by atomic mass is 16.5. The second kappa shape index (κ2) is 5.54. The zero-order valence-corrected chi connectivity index (χ0v) is 14.5. The largest absolute Gasteiger partial charge is 0.485 e. The zero-order valence-electron chi connectivity index (χ0n) is 14.5. The lowest BCUT2D eigenvalue weighted by Gasteiger charge is -2.50. The second-order valence-corrected chi connectivity index (χ2v) is 7.74. The summed E-state index contributed by atoms with van der Waals surface area (Å²) in [7, 11) is 0. The number of piperidine rings is 1. The molecule has 2 unspecified atom stereocenters. The van der Waals surface area contributed by atoms with E-state index in [0.717, 1.165) is 35.9 Å². The van der Waals surface area contributed by atoms with Gasteiger partial charge in [-0.3, -0.25) is 4.90 Å². The Morgan fingerprint density at radius 2 is 1.82 bits per heavy atom. The molecule has 1 aromatic carbocycles. The molecule has 0 amide bonds. The van der Waals surface area contributed by atoms with Crippen molar-refractivity contribution >= 4 is 0 Å². The molecular weight excluding hydrogens is 274 g/mol. The SMILES string of the molecule is Cc1ccc2c(c1C)OC(C)(C)C(N1CCC(C)CC1)C2O. The van der Waals surface area contributed by atoms with E-state index in [4.69, 9.17) is 4.74 Å². The lowest BCUT2D eigenvalue weighted by molar-refractivity contribution is -0.0905. The van der Waals surface area contributed by atoms with Crippen molar-refractivity contribution < 1.29 is 9.84 Å². The van der Waals surface area contributed by atoms with Gasteiger partial charge in [-0.2, -0.15) is 0 Å². The summed E-state index contributed by atoms with van der Waals surface area (Å²) in [5.41, 5.74) is 2.93. The lowest BCUT2D eigenvalue weighted by Crippen LogP contribution is -2.59. The molecule has 0 aliphatic carbocycles. The smallest absolute Gasteiger partial charge is 0.129 e. The summed E-state index contributed by atoms with van der Waals surface area (Å²) < 4.78 is 6.39. The molecule has 3 rings (SSSR count). The Morgan fingerprint density at radius 1 is 1.18 bits per heavy atom. The van der Waals surface area contributed by atoms with Gasteiger partial charge in [-0.15, -0.1) is 0 Å². The van der Waals surface area contributed by atoms with Crippen molar-refractivity contribution in [2.75, 3.05) is 13.1 Å². The van der Waals surface area contributed by atoms with E-state index in [2.05, 4.69) is 45.6 Å². The van der Waals surface area contributed by atoms with Gasteiger partial charge in [0.05, 0.1) is 6.04 Å². The van der Waals surface area contributed by atoms with Crippen LogP contribution >= 0.6 is 0 Å². The number of aryl methyl sites for hydroxylation is 1. The Labute approximate surface area is 134 Å². The number of benzene rings is 1. The molecule has 2 heterocycles. The fraction of sp³-hybridized carbons (Fsp3) is 0.684. The molecule has 2 aliphatic rings. The summed E-state index contributed by atoms with van der Waals surface area (Å²) in [6.45, 7) is 12.8. The van der Waals surface area contributed by atoms with E-state index >= 15 is 0 Å². The second-order valence-electron chi connectivity index (χ2n) is 7.74. The summed E-state index contributed by atoms with van der Waals surface area (Å²) in [5, 5.41) is 11.1. The number of ether oxygens (including phenoxy) is 1. The van der Waals surface area contributed by atoms with Crippen LogP contribution in [0.3, 0.4) is 0 Å². The number of likely N-dealkylation sites (tertiary alicyclic amines) is 1. The van der Waals surface area contributed by atoms with Gasteiger partial charge in [0.1, 0.15) is 17.5 Å². The van der Waals surface area contributed by atoms with Gasteiger partial charge in [0.2, 0.25) is 0 Å². The van der Waals surface area contributed by atoms with Crippen LogP contribution < -0.4 is 4.74 Å². The fourth-order valence-corrected chi connectivity index (χ4v) is 4.00. The molecule has 3 heteroatoms. The molecule has 0 radical (unpaired) electrons. The molecule has 3 nitrogen and oxygen atoms in total. The van der Waals surface area contributed by atoms with E-state index in [1.165, 1.54) is 18.4 Å². The van der Waals surface area contributed by atoms with Crippen LogP contribution in [0.1, 0.15) is 56.4 Å². The molecule has 1 fully saturated rings. The summed E-state index contributed by atoms with van der Waals surface area (Å²) in [5.74, 6) is 1.68. The highest BCUT2D eigenvalue weighted by molar-refractivity contribution is 5.49. The number of hydrogen-bond acceptors (Lipinski definition) is 3. The van der Waals surface area contributed by atoms with E-state index in [0.29, 0.717) is 0 Å². The quantitative estimate of drug-likeness (QED) is 0.860. The topological polar surface area (TPSA) is 32.7 Å². The van der Waals surface area contributed by atoms with Gasteiger partial charge in [0.25, 0.3) is 0 Å². The molecule has 0 aromatic heterocycles. The predicted molar refractivity (Wildman–Crippen MR) is 89.3 cm³/mol. The number of nitrogens with zero attached hydrogens (tertiary/aromatic N) is 1. The van der Waals surface area contributed by atoms with Crippen molar-refractivity contribution in [3.05, 3.63) is 28.8 Å². The van der Waals surface area contributed by atoms with Crippen LogP contribution in [-0.4, -0.2) is 34.7 Å². The van der Waals surface area contributed by atoms with Crippen LogP contribution in [-0.2, 0) is 0 Å². The highest BCUT2D eigenvalue weighted by Gasteiger charge is 2.47. The van der Waals surface area contributed by atoms with Crippen molar-refractivity contribution in [3.8, 4) is 5.75 Å². The van der Waals surface area contributed by atoms with Gasteiger partial charge < -0.3 is 9.84 Å². The number of aliphatic hydroxyl groups excluding tert-OH is 1. The third-order valence-corrected chi connectivity index (χ3v) is 5.61. The Kier molecular flexibility index (Phi) is 3.98. The number of rotatable bonds is 1. The Bertz CT molecular complexity index is 559. The number of aliphatic hydroxyl groups is 1. The summed E-state index contributed by atoms with van der Waals surface area (Å²) in [6, 6.07) is 4.15. The first-order valence-corrected chi connectivity index (χ1v) is 8.52. The molecule has 0 bridgehead atoms. The summed E-state index contributed by atoms with van der Waals surface area (Å²) >= 11 is 0. The molecule has 122 valence electrons. The van der Waals surface area contributed by atoms with Crippen LogP contribution in [0.25, 0.3) is 0 Å². The first-order valence-electron chi connectivity index (χ1n) is 8.52. The predicted octanol–water partition coefficient (Wildman–Crippen LogP) is 3.61. The van der Waals surface area contributed by atoms with Crippen LogP contribution in [0.4, 0.5) is 0 Å². The average Bonchev–Trinajstić information content (AvgIpc) is 2.45. The van der Waals surface area contributed by atoms with Crippen LogP contribution in [0.5, 0.6) is 5.75 Å². The molecule has 22 heavy (non-hydrogen) atoms. The standard InChI is InChI=1S/C19H29NO2/c1-12-8-10-20(11-9-12)18-16(21)15-7-6-13(2)14(3)17(15)22-19(18,4)5/h6-7,12,16,18,21H,8-11H2,1-5H3. The maximum absolute atomic E-state index is 11.1. The summed E-state index contributed by atoms with van der Waals surface area (Å²) in [4.78, 5) is 2.43. The van der Waals surface area contributed by atoms with E-state index in [1.807, 2.05) is 6.07 Å². The third kappa shape index (κ3) is 2.55. The van der Waals surface area contributed by atoms with Crippen molar-refractivity contribution in [2.24, 2.45) is 5.92 Å². The van der Waals surface area contributed by atoms with Crippen LogP contribution in [0.15, 0.2) is 12.1 Å². The normalized spacial score (nSPS) is 29.0. The van der Waals surface area contributed by atoms with Crippen molar-refractivity contribution in [3.63, 3.8) is 0 Å². The molecule has 2 aliphatic heterocycles. The van der Waals surface area contributed by atoms with Gasteiger partial charge in [0.15, 0.2) is 0 Å². The maximum atomic E-state index is 11.1. The van der Waals surface area contributed by atoms with Gasteiger partial charge in [-0.05, 0) is 70.7 Å². The molecule has 1 saturated heterocycles. The zero-order chi connectivity index (χ0) is 16.1. The van der Waals surface area contributed by atoms with Crippen LogP contribution in [0, 0.1) is 19.8 Å². The number of fused-ring (bicyclic) bond motifs is 1. The van der Waals surface area contributed by atoms with Crippen molar-refractivity contribution in [1.29, 1.82) is 0 Å². The highest BCUT2D eigenvalue weighted by Crippen LogP contribution is 2.45. The Morgan fingerprint density at radius 3 is 2.45 bits per heavy atom. The maximum Gasteiger partial charge on any atom is 0.129 e. The van der Waals surface area contributed by atoms with Crippen LogP contribution in [0.2, 0.25) is 0 Å².